The minimum Gasteiger partial charge on any atom is -0.454 e. The van der Waals surface area contributed by atoms with E-state index in [9.17, 15) is 18.4 Å². The number of benzene rings is 1. The Balaban J connectivity index is 1.47. The van der Waals surface area contributed by atoms with Crippen molar-refractivity contribution in [3.8, 4) is 11.4 Å². The average molecular weight is 440 g/mol. The van der Waals surface area contributed by atoms with E-state index in [2.05, 4.69) is 14.9 Å². The molecule has 0 saturated carbocycles. The van der Waals surface area contributed by atoms with Crippen LogP contribution in [0, 0.1) is 13.8 Å². The predicted octanol–water partition coefficient (Wildman–Crippen LogP) is 3.78. The molecular weight excluding hydrogens is 422 g/mol. The van der Waals surface area contributed by atoms with Gasteiger partial charge in [0, 0.05) is 28.8 Å². The molecule has 0 spiro atoms. The summed E-state index contributed by atoms with van der Waals surface area (Å²) in [6.07, 6.45) is 2.98. The normalized spacial score (nSPS) is 11.2. The lowest BCUT2D eigenvalue weighted by Crippen LogP contribution is -2.15. The molecule has 0 saturated heterocycles. The molecule has 0 bridgehead atoms. The molecule has 0 aliphatic carbocycles. The fraction of sp³-hybridized carbons (Fsp3) is 0.182. The molecule has 1 aromatic carbocycles. The summed E-state index contributed by atoms with van der Waals surface area (Å²) in [7, 11) is 0. The summed E-state index contributed by atoms with van der Waals surface area (Å²) >= 11 is 0. The Morgan fingerprint density at radius 2 is 1.84 bits per heavy atom. The Kier molecular flexibility index (Phi) is 5.67. The van der Waals surface area contributed by atoms with Crippen molar-refractivity contribution >= 4 is 17.4 Å². The van der Waals surface area contributed by atoms with E-state index >= 15 is 0 Å². The number of rotatable bonds is 7. The Labute approximate surface area is 181 Å². The molecular formula is C22H18F2N4O4. The van der Waals surface area contributed by atoms with E-state index in [1.807, 2.05) is 6.92 Å². The van der Waals surface area contributed by atoms with Gasteiger partial charge in [-0.3, -0.25) is 9.20 Å². The van der Waals surface area contributed by atoms with Crippen molar-refractivity contribution < 1.29 is 27.8 Å². The van der Waals surface area contributed by atoms with Gasteiger partial charge in [-0.15, -0.1) is 10.2 Å². The summed E-state index contributed by atoms with van der Waals surface area (Å²) < 4.78 is 37.6. The predicted molar refractivity (Wildman–Crippen MR) is 109 cm³/mol. The zero-order valence-corrected chi connectivity index (χ0v) is 17.2. The van der Waals surface area contributed by atoms with E-state index in [0.717, 1.165) is 5.69 Å². The Hall–Kier alpha value is -4.08. The third-order valence-electron chi connectivity index (χ3n) is 4.91. The largest absolute Gasteiger partial charge is 0.454 e. The van der Waals surface area contributed by atoms with Crippen molar-refractivity contribution in [2.45, 2.75) is 20.5 Å². The van der Waals surface area contributed by atoms with Crippen molar-refractivity contribution in [1.29, 1.82) is 0 Å². The van der Waals surface area contributed by atoms with Crippen LogP contribution in [0.2, 0.25) is 0 Å². The first-order chi connectivity index (χ1) is 15.3. The summed E-state index contributed by atoms with van der Waals surface area (Å²) in [4.78, 5) is 25.1. The van der Waals surface area contributed by atoms with Gasteiger partial charge in [-0.2, -0.15) is 8.78 Å². The van der Waals surface area contributed by atoms with Crippen LogP contribution in [0.3, 0.4) is 0 Å². The van der Waals surface area contributed by atoms with Gasteiger partial charge in [0.15, 0.2) is 12.3 Å². The van der Waals surface area contributed by atoms with Crippen LogP contribution in [-0.2, 0) is 4.74 Å². The van der Waals surface area contributed by atoms with Gasteiger partial charge in [-0.1, -0.05) is 0 Å². The molecule has 8 nitrogen and oxygen atoms in total. The second kappa shape index (κ2) is 8.58. The van der Waals surface area contributed by atoms with Gasteiger partial charge in [0.1, 0.15) is 12.1 Å². The quantitative estimate of drug-likeness (QED) is 0.321. The van der Waals surface area contributed by atoms with Gasteiger partial charge >= 0.3 is 12.6 Å². The van der Waals surface area contributed by atoms with Crippen LogP contribution < -0.4 is 4.74 Å². The van der Waals surface area contributed by atoms with Crippen LogP contribution in [0.15, 0.2) is 55.0 Å². The third-order valence-corrected chi connectivity index (χ3v) is 4.91. The van der Waals surface area contributed by atoms with E-state index in [1.54, 1.807) is 46.2 Å². The second-order valence-electron chi connectivity index (χ2n) is 7.01. The number of pyridine rings is 1. The number of hydrogen-bond donors (Lipinski definition) is 0. The van der Waals surface area contributed by atoms with E-state index in [1.165, 1.54) is 24.7 Å². The molecule has 3 heterocycles. The Bertz CT molecular complexity index is 1300. The molecule has 0 aliphatic heterocycles. The van der Waals surface area contributed by atoms with Crippen molar-refractivity contribution in [3.63, 3.8) is 0 Å². The second-order valence-corrected chi connectivity index (χ2v) is 7.01. The monoisotopic (exact) mass is 440 g/mol. The van der Waals surface area contributed by atoms with E-state index in [-0.39, 0.29) is 17.1 Å². The van der Waals surface area contributed by atoms with E-state index in [0.29, 0.717) is 22.6 Å². The lowest BCUT2D eigenvalue weighted by Gasteiger charge is -2.11. The number of halogens is 2. The minimum absolute atomic E-state index is 0.0408. The molecule has 0 unspecified atom stereocenters. The number of hydrogen-bond acceptors (Lipinski definition) is 6. The zero-order chi connectivity index (χ0) is 22.8. The SMILES string of the molecule is Cc1cc(C(=O)COC(=O)c2ccc3nncn3c2)c(C)n1-c1ccc(OC(F)F)cc1. The number of aryl methyl sites for hydroxylation is 1. The molecule has 0 aliphatic rings. The Morgan fingerprint density at radius 3 is 2.56 bits per heavy atom. The molecule has 32 heavy (non-hydrogen) atoms. The molecule has 3 aromatic heterocycles. The van der Waals surface area contributed by atoms with Gasteiger partial charge in [-0.05, 0) is 56.3 Å². The maximum absolute atomic E-state index is 12.7. The summed E-state index contributed by atoms with van der Waals surface area (Å²) in [6.45, 7) is 0.241. The smallest absolute Gasteiger partial charge is 0.387 e. The number of ketones is 1. The maximum atomic E-state index is 12.7. The number of Topliss-reactive ketones (excluding diaryl/α,β-unsaturated/α-hetero) is 1. The van der Waals surface area contributed by atoms with Crippen molar-refractivity contribution in [2.24, 2.45) is 0 Å². The molecule has 4 aromatic rings. The standard InChI is InChI=1S/C22H18F2N4O4/c1-13-9-18(14(2)28(13)16-4-6-17(7-5-16)32-22(23)24)19(29)11-31-21(30)15-3-8-20-26-25-12-27(20)10-15/h3-10,12,22H,11H2,1-2H3. The van der Waals surface area contributed by atoms with Gasteiger partial charge in [-0.25, -0.2) is 4.79 Å². The number of esters is 1. The molecule has 10 heteroatoms. The molecule has 0 amide bonds. The lowest BCUT2D eigenvalue weighted by atomic mass is 10.1. The van der Waals surface area contributed by atoms with Gasteiger partial charge in [0.2, 0.25) is 5.78 Å². The van der Waals surface area contributed by atoms with Crippen LogP contribution in [0.1, 0.15) is 32.1 Å². The molecule has 164 valence electrons. The van der Waals surface area contributed by atoms with Crippen LogP contribution in [0.4, 0.5) is 8.78 Å². The highest BCUT2D eigenvalue weighted by molar-refractivity contribution is 6.00. The minimum atomic E-state index is -2.90. The zero-order valence-electron chi connectivity index (χ0n) is 17.2. The van der Waals surface area contributed by atoms with E-state index < -0.39 is 19.2 Å². The van der Waals surface area contributed by atoms with Crippen LogP contribution in [-0.4, -0.2) is 44.1 Å². The summed E-state index contributed by atoms with van der Waals surface area (Å²) in [5, 5.41) is 7.60. The first kappa shape index (κ1) is 21.2. The highest BCUT2D eigenvalue weighted by Gasteiger charge is 2.19. The van der Waals surface area contributed by atoms with Crippen molar-refractivity contribution in [1.82, 2.24) is 19.2 Å². The van der Waals surface area contributed by atoms with Gasteiger partial charge < -0.3 is 14.0 Å². The van der Waals surface area contributed by atoms with Crippen molar-refractivity contribution in [2.75, 3.05) is 6.61 Å². The number of fused-ring (bicyclic) bond motifs is 1. The van der Waals surface area contributed by atoms with Crippen LogP contribution in [0.25, 0.3) is 11.3 Å². The maximum Gasteiger partial charge on any atom is 0.387 e. The number of alkyl halides is 2. The summed E-state index contributed by atoms with van der Waals surface area (Å²) in [5.74, 6) is -0.961. The topological polar surface area (TPSA) is 87.7 Å². The number of ether oxygens (including phenoxy) is 2. The summed E-state index contributed by atoms with van der Waals surface area (Å²) in [5.41, 5.74) is 3.33. The van der Waals surface area contributed by atoms with Crippen LogP contribution >= 0.6 is 0 Å². The number of aromatic nitrogens is 4. The summed E-state index contributed by atoms with van der Waals surface area (Å²) in [6, 6.07) is 11.0. The molecule has 0 radical (unpaired) electrons. The fourth-order valence-corrected chi connectivity index (χ4v) is 3.46. The average Bonchev–Trinajstić information content (AvgIpc) is 3.35. The molecule has 0 N–H and O–H groups in total. The molecule has 0 atom stereocenters. The molecule has 0 fully saturated rings. The van der Waals surface area contributed by atoms with Crippen LogP contribution in [0.5, 0.6) is 5.75 Å². The van der Waals surface area contributed by atoms with Crippen molar-refractivity contribution in [3.05, 3.63) is 77.5 Å². The first-order valence-corrected chi connectivity index (χ1v) is 9.57. The van der Waals surface area contributed by atoms with E-state index in [4.69, 9.17) is 4.74 Å². The third kappa shape index (κ3) is 4.20. The number of carbonyl (C=O) groups is 2. The Morgan fingerprint density at radius 1 is 1.09 bits per heavy atom. The highest BCUT2D eigenvalue weighted by Crippen LogP contribution is 2.24. The fourth-order valence-electron chi connectivity index (χ4n) is 3.46. The highest BCUT2D eigenvalue weighted by atomic mass is 19.3. The molecule has 4 rings (SSSR count). The number of nitrogens with zero attached hydrogens (tertiary/aromatic N) is 4. The number of carbonyl (C=O) groups excluding carboxylic acids is 2. The first-order valence-electron chi connectivity index (χ1n) is 9.57. The lowest BCUT2D eigenvalue weighted by molar-refractivity contribution is -0.0498. The van der Waals surface area contributed by atoms with Gasteiger partial charge in [0.25, 0.3) is 0 Å². The van der Waals surface area contributed by atoms with Gasteiger partial charge in [0.05, 0.1) is 5.56 Å².